The number of ether oxygens (including phenoxy) is 2. The van der Waals surface area contributed by atoms with Crippen molar-refractivity contribution >= 4 is 34.2 Å². The Bertz CT molecular complexity index is 1380. The molecule has 0 radical (unpaired) electrons. The van der Waals surface area contributed by atoms with E-state index in [9.17, 15) is 0 Å². The van der Waals surface area contributed by atoms with Crippen LogP contribution in [0, 0.1) is 0 Å². The molecule has 0 spiro atoms. The number of aromatic nitrogens is 3. The smallest absolute Gasteiger partial charge is 0.229 e. The standard InChI is InChI=1S/C29H32N6O2/c1-20-18-36-15-13-34(20)28-25-11-12-26(22-7-6-10-24(17-22)30-23-8-4-3-5-9-23)31-27(25)32-29(33-28)35-14-16-37-19-21(35)2/h3-12,17,20-21,30H,13-16,18-19H2,1-2H3/t20-,21-/m0/s1. The van der Waals surface area contributed by atoms with E-state index in [0.717, 1.165) is 46.9 Å². The van der Waals surface area contributed by atoms with Crippen molar-refractivity contribution < 1.29 is 9.47 Å². The predicted molar refractivity (Wildman–Crippen MR) is 148 cm³/mol. The van der Waals surface area contributed by atoms with Crippen LogP contribution in [0.4, 0.5) is 23.1 Å². The predicted octanol–water partition coefficient (Wildman–Crippen LogP) is 4.89. The molecule has 190 valence electrons. The van der Waals surface area contributed by atoms with E-state index in [2.05, 4.69) is 71.4 Å². The molecule has 0 amide bonds. The summed E-state index contributed by atoms with van der Waals surface area (Å²) in [4.78, 5) is 19.7. The van der Waals surface area contributed by atoms with E-state index in [-0.39, 0.29) is 12.1 Å². The molecular formula is C29H32N6O2. The van der Waals surface area contributed by atoms with Gasteiger partial charge in [0.1, 0.15) is 5.82 Å². The van der Waals surface area contributed by atoms with Crippen LogP contribution < -0.4 is 15.1 Å². The summed E-state index contributed by atoms with van der Waals surface area (Å²) in [5.41, 5.74) is 4.68. The quantitative estimate of drug-likeness (QED) is 0.419. The van der Waals surface area contributed by atoms with Crippen molar-refractivity contribution in [3.8, 4) is 11.3 Å². The zero-order valence-corrected chi connectivity index (χ0v) is 21.3. The molecule has 1 N–H and O–H groups in total. The number of nitrogens with zero attached hydrogens (tertiary/aromatic N) is 5. The van der Waals surface area contributed by atoms with Crippen LogP contribution in [-0.4, -0.2) is 66.6 Å². The number of hydrogen-bond donors (Lipinski definition) is 1. The number of rotatable bonds is 5. The highest BCUT2D eigenvalue weighted by atomic mass is 16.5. The molecular weight excluding hydrogens is 464 g/mol. The lowest BCUT2D eigenvalue weighted by Gasteiger charge is -2.37. The fraction of sp³-hybridized carbons (Fsp3) is 0.345. The minimum Gasteiger partial charge on any atom is -0.377 e. The van der Waals surface area contributed by atoms with E-state index in [1.807, 2.05) is 24.3 Å². The first kappa shape index (κ1) is 23.6. The molecule has 37 heavy (non-hydrogen) atoms. The van der Waals surface area contributed by atoms with Gasteiger partial charge in [-0.05, 0) is 50.2 Å². The van der Waals surface area contributed by atoms with Crippen LogP contribution in [0.25, 0.3) is 22.3 Å². The number of anilines is 4. The molecule has 8 nitrogen and oxygen atoms in total. The van der Waals surface area contributed by atoms with Gasteiger partial charge in [0.25, 0.3) is 0 Å². The van der Waals surface area contributed by atoms with Gasteiger partial charge < -0.3 is 24.6 Å². The van der Waals surface area contributed by atoms with Crippen LogP contribution in [0.5, 0.6) is 0 Å². The van der Waals surface area contributed by atoms with Crippen LogP contribution in [0.3, 0.4) is 0 Å². The van der Waals surface area contributed by atoms with Gasteiger partial charge in [-0.1, -0.05) is 30.3 Å². The number of morpholine rings is 2. The second-order valence-corrected chi connectivity index (χ2v) is 9.72. The molecule has 0 unspecified atom stereocenters. The van der Waals surface area contributed by atoms with E-state index >= 15 is 0 Å². The molecule has 2 saturated heterocycles. The summed E-state index contributed by atoms with van der Waals surface area (Å²) in [6, 6.07) is 23.1. The molecule has 2 aliphatic heterocycles. The van der Waals surface area contributed by atoms with E-state index in [4.69, 9.17) is 24.4 Å². The second-order valence-electron chi connectivity index (χ2n) is 9.72. The number of hydrogen-bond acceptors (Lipinski definition) is 8. The number of pyridine rings is 1. The minimum atomic E-state index is 0.199. The highest BCUT2D eigenvalue weighted by Crippen LogP contribution is 2.32. The Hall–Kier alpha value is -3.75. The van der Waals surface area contributed by atoms with Gasteiger partial charge in [0.15, 0.2) is 5.65 Å². The fourth-order valence-corrected chi connectivity index (χ4v) is 5.00. The van der Waals surface area contributed by atoms with Crippen molar-refractivity contribution in [1.82, 2.24) is 15.0 Å². The van der Waals surface area contributed by atoms with Gasteiger partial charge in [-0.25, -0.2) is 4.98 Å². The summed E-state index contributed by atoms with van der Waals surface area (Å²) in [5, 5.41) is 4.43. The number of benzene rings is 2. The van der Waals surface area contributed by atoms with E-state index < -0.39 is 0 Å². The lowest BCUT2D eigenvalue weighted by atomic mass is 10.1. The van der Waals surface area contributed by atoms with Gasteiger partial charge >= 0.3 is 0 Å². The SMILES string of the molecule is C[C@H]1COCCN1c1nc(N2CCOC[C@@H]2C)c2ccc(-c3cccc(Nc4ccccc4)c3)nc2n1. The lowest BCUT2D eigenvalue weighted by Crippen LogP contribution is -2.46. The molecule has 2 aromatic carbocycles. The highest BCUT2D eigenvalue weighted by Gasteiger charge is 2.27. The molecule has 2 atom stereocenters. The van der Waals surface area contributed by atoms with Crippen molar-refractivity contribution in [2.24, 2.45) is 0 Å². The molecule has 0 saturated carbocycles. The highest BCUT2D eigenvalue weighted by molar-refractivity contribution is 5.90. The molecule has 8 heteroatoms. The zero-order chi connectivity index (χ0) is 25.2. The Kier molecular flexibility index (Phi) is 6.59. The maximum atomic E-state index is 5.71. The van der Waals surface area contributed by atoms with Gasteiger partial charge in [-0.3, -0.25) is 0 Å². The van der Waals surface area contributed by atoms with E-state index in [1.165, 1.54) is 0 Å². The molecule has 2 fully saturated rings. The largest absolute Gasteiger partial charge is 0.377 e. The van der Waals surface area contributed by atoms with Crippen LogP contribution in [0.1, 0.15) is 13.8 Å². The van der Waals surface area contributed by atoms with Crippen molar-refractivity contribution in [3.05, 3.63) is 66.7 Å². The van der Waals surface area contributed by atoms with Crippen LogP contribution in [0.2, 0.25) is 0 Å². The summed E-state index contributed by atoms with van der Waals surface area (Å²) in [6.45, 7) is 8.59. The normalized spacial score (nSPS) is 20.3. The average Bonchev–Trinajstić information content (AvgIpc) is 2.93. The summed E-state index contributed by atoms with van der Waals surface area (Å²) in [5.74, 6) is 1.63. The van der Waals surface area contributed by atoms with Crippen molar-refractivity contribution in [3.63, 3.8) is 0 Å². The molecule has 0 bridgehead atoms. The van der Waals surface area contributed by atoms with E-state index in [0.29, 0.717) is 38.0 Å². The Morgan fingerprint density at radius 1 is 0.757 bits per heavy atom. The van der Waals surface area contributed by atoms with Crippen molar-refractivity contribution in [2.45, 2.75) is 25.9 Å². The van der Waals surface area contributed by atoms with Gasteiger partial charge in [0.05, 0.1) is 49.6 Å². The first-order valence-corrected chi connectivity index (χ1v) is 13.0. The maximum absolute atomic E-state index is 5.71. The summed E-state index contributed by atoms with van der Waals surface area (Å²) >= 11 is 0. The Morgan fingerprint density at radius 3 is 2.24 bits per heavy atom. The summed E-state index contributed by atoms with van der Waals surface area (Å²) in [6.07, 6.45) is 0. The number of nitrogens with one attached hydrogen (secondary N) is 1. The third kappa shape index (κ3) is 4.95. The van der Waals surface area contributed by atoms with Crippen molar-refractivity contribution in [2.75, 3.05) is 54.6 Å². The van der Waals surface area contributed by atoms with E-state index in [1.54, 1.807) is 0 Å². The Morgan fingerprint density at radius 2 is 1.49 bits per heavy atom. The summed E-state index contributed by atoms with van der Waals surface area (Å²) in [7, 11) is 0. The first-order valence-electron chi connectivity index (χ1n) is 13.0. The molecule has 6 rings (SSSR count). The van der Waals surface area contributed by atoms with Crippen molar-refractivity contribution in [1.29, 1.82) is 0 Å². The number of para-hydroxylation sites is 1. The molecule has 0 aliphatic carbocycles. The molecule has 2 aliphatic rings. The van der Waals surface area contributed by atoms with Gasteiger partial charge in [0.2, 0.25) is 5.95 Å². The molecule has 2 aromatic heterocycles. The third-order valence-electron chi connectivity index (χ3n) is 7.01. The maximum Gasteiger partial charge on any atom is 0.229 e. The Labute approximate surface area is 217 Å². The average molecular weight is 497 g/mol. The molecule has 4 aromatic rings. The molecule has 4 heterocycles. The third-order valence-corrected chi connectivity index (χ3v) is 7.01. The topological polar surface area (TPSA) is 75.6 Å². The van der Waals surface area contributed by atoms with Crippen LogP contribution in [-0.2, 0) is 9.47 Å². The first-order chi connectivity index (χ1) is 18.2. The Balaban J connectivity index is 1.41. The van der Waals surface area contributed by atoms with Crippen LogP contribution >= 0.6 is 0 Å². The van der Waals surface area contributed by atoms with Crippen LogP contribution in [0.15, 0.2) is 66.7 Å². The van der Waals surface area contributed by atoms with Gasteiger partial charge in [-0.15, -0.1) is 0 Å². The summed E-state index contributed by atoms with van der Waals surface area (Å²) < 4.78 is 11.4. The second kappa shape index (κ2) is 10.3. The minimum absolute atomic E-state index is 0.199. The van der Waals surface area contributed by atoms with Gasteiger partial charge in [0, 0.05) is 30.0 Å². The zero-order valence-electron chi connectivity index (χ0n) is 21.3. The number of fused-ring (bicyclic) bond motifs is 1. The fourth-order valence-electron chi connectivity index (χ4n) is 5.00. The lowest BCUT2D eigenvalue weighted by molar-refractivity contribution is 0.0973. The van der Waals surface area contributed by atoms with Gasteiger partial charge in [-0.2, -0.15) is 9.97 Å². The monoisotopic (exact) mass is 496 g/mol.